The van der Waals surface area contributed by atoms with Gasteiger partial charge in [-0.3, -0.25) is 4.79 Å². The molecule has 0 fully saturated rings. The molecule has 6 heteroatoms. The second kappa shape index (κ2) is 9.35. The molecule has 0 unspecified atom stereocenters. The van der Waals surface area contributed by atoms with Gasteiger partial charge < -0.3 is 25.0 Å². The van der Waals surface area contributed by atoms with Gasteiger partial charge in [-0.15, -0.1) is 0 Å². The van der Waals surface area contributed by atoms with Crippen LogP contribution >= 0.6 is 0 Å². The number of carbonyl (C=O) groups excluding carboxylic acids is 1. The molecular formula is C22H29N3O3. The van der Waals surface area contributed by atoms with Crippen LogP contribution in [0.4, 0.5) is 17.1 Å². The summed E-state index contributed by atoms with van der Waals surface area (Å²) in [6.45, 7) is 10.0. The SMILES string of the molecule is CCN(CC)c1ccc(NCCC(=O)Nc2ccc3c(c2)OCCO3)c(C)c1. The number of ether oxygens (including phenoxy) is 2. The molecule has 2 aromatic carbocycles. The van der Waals surface area contributed by atoms with Gasteiger partial charge in [0.1, 0.15) is 13.2 Å². The number of hydrogen-bond acceptors (Lipinski definition) is 5. The normalized spacial score (nSPS) is 12.4. The van der Waals surface area contributed by atoms with E-state index in [0.29, 0.717) is 37.6 Å². The van der Waals surface area contributed by atoms with Crippen molar-refractivity contribution < 1.29 is 14.3 Å². The van der Waals surface area contributed by atoms with E-state index >= 15 is 0 Å². The van der Waals surface area contributed by atoms with E-state index in [1.54, 1.807) is 6.07 Å². The van der Waals surface area contributed by atoms with E-state index in [4.69, 9.17) is 9.47 Å². The number of nitrogens with zero attached hydrogens (tertiary/aromatic N) is 1. The van der Waals surface area contributed by atoms with Crippen molar-refractivity contribution in [2.45, 2.75) is 27.2 Å². The molecule has 0 saturated carbocycles. The number of anilines is 3. The predicted molar refractivity (Wildman–Crippen MR) is 114 cm³/mol. The second-order valence-corrected chi connectivity index (χ2v) is 6.75. The maximum absolute atomic E-state index is 12.2. The Morgan fingerprint density at radius 2 is 1.79 bits per heavy atom. The third kappa shape index (κ3) is 4.88. The van der Waals surface area contributed by atoms with Gasteiger partial charge in [0.25, 0.3) is 0 Å². The zero-order valence-electron chi connectivity index (χ0n) is 16.9. The Hall–Kier alpha value is -2.89. The van der Waals surface area contributed by atoms with E-state index in [1.807, 2.05) is 12.1 Å². The Morgan fingerprint density at radius 1 is 1.04 bits per heavy atom. The van der Waals surface area contributed by atoms with Gasteiger partial charge in [0.15, 0.2) is 11.5 Å². The summed E-state index contributed by atoms with van der Waals surface area (Å²) in [4.78, 5) is 14.6. The van der Waals surface area contributed by atoms with E-state index in [2.05, 4.69) is 54.5 Å². The number of aryl methyl sites for hydroxylation is 1. The Bertz CT molecular complexity index is 819. The smallest absolute Gasteiger partial charge is 0.226 e. The van der Waals surface area contributed by atoms with Crippen LogP contribution in [0.5, 0.6) is 11.5 Å². The fourth-order valence-electron chi connectivity index (χ4n) is 3.29. The maximum Gasteiger partial charge on any atom is 0.226 e. The largest absolute Gasteiger partial charge is 0.486 e. The van der Waals surface area contributed by atoms with Crippen LogP contribution in [0.3, 0.4) is 0 Å². The number of amides is 1. The lowest BCUT2D eigenvalue weighted by atomic mass is 10.1. The Labute approximate surface area is 166 Å². The van der Waals surface area contributed by atoms with Gasteiger partial charge in [-0.25, -0.2) is 0 Å². The average Bonchev–Trinajstić information content (AvgIpc) is 2.70. The van der Waals surface area contributed by atoms with Crippen LogP contribution in [-0.4, -0.2) is 38.8 Å². The molecule has 0 atom stereocenters. The van der Waals surface area contributed by atoms with Gasteiger partial charge in [-0.1, -0.05) is 0 Å². The molecule has 1 heterocycles. The number of fused-ring (bicyclic) bond motifs is 1. The second-order valence-electron chi connectivity index (χ2n) is 6.75. The summed E-state index contributed by atoms with van der Waals surface area (Å²) in [5, 5.41) is 6.27. The molecule has 0 saturated heterocycles. The van der Waals surface area contributed by atoms with Crippen molar-refractivity contribution in [1.82, 2.24) is 0 Å². The van der Waals surface area contributed by atoms with E-state index in [1.165, 1.54) is 11.3 Å². The summed E-state index contributed by atoms with van der Waals surface area (Å²) in [7, 11) is 0. The van der Waals surface area contributed by atoms with Crippen molar-refractivity contribution in [2.24, 2.45) is 0 Å². The molecule has 0 bridgehead atoms. The molecular weight excluding hydrogens is 354 g/mol. The summed E-state index contributed by atoms with van der Waals surface area (Å²) in [5.74, 6) is 1.35. The first kappa shape index (κ1) is 19.9. The first-order chi connectivity index (χ1) is 13.6. The molecule has 150 valence electrons. The van der Waals surface area contributed by atoms with Crippen LogP contribution in [0.1, 0.15) is 25.8 Å². The monoisotopic (exact) mass is 383 g/mol. The predicted octanol–water partition coefficient (Wildman–Crippen LogP) is 4.05. The first-order valence-electron chi connectivity index (χ1n) is 9.89. The third-order valence-electron chi connectivity index (χ3n) is 4.83. The summed E-state index contributed by atoms with van der Waals surface area (Å²) in [5.41, 5.74) is 4.18. The fraction of sp³-hybridized carbons (Fsp3) is 0.409. The minimum absolute atomic E-state index is 0.0402. The quantitative estimate of drug-likeness (QED) is 0.720. The summed E-state index contributed by atoms with van der Waals surface area (Å²) < 4.78 is 11.0. The summed E-state index contributed by atoms with van der Waals surface area (Å²) >= 11 is 0. The van der Waals surface area contributed by atoms with Crippen molar-refractivity contribution >= 4 is 23.0 Å². The van der Waals surface area contributed by atoms with Crippen LogP contribution in [0, 0.1) is 6.92 Å². The van der Waals surface area contributed by atoms with Crippen molar-refractivity contribution in [3.63, 3.8) is 0 Å². The van der Waals surface area contributed by atoms with Gasteiger partial charge in [-0.05, 0) is 56.7 Å². The first-order valence-corrected chi connectivity index (χ1v) is 9.89. The van der Waals surface area contributed by atoms with Crippen molar-refractivity contribution in [1.29, 1.82) is 0 Å². The lowest BCUT2D eigenvalue weighted by Crippen LogP contribution is -2.22. The molecule has 6 nitrogen and oxygen atoms in total. The maximum atomic E-state index is 12.2. The van der Waals surface area contributed by atoms with Gasteiger partial charge in [0.05, 0.1) is 0 Å². The zero-order chi connectivity index (χ0) is 19.9. The standard InChI is InChI=1S/C22H29N3O3/c1-4-25(5-2)18-7-8-19(16(3)14-18)23-11-10-22(26)24-17-6-9-20-21(15-17)28-13-12-27-20/h6-9,14-15,23H,4-5,10-13H2,1-3H3,(H,24,26). The molecule has 1 aliphatic heterocycles. The lowest BCUT2D eigenvalue weighted by molar-refractivity contribution is -0.115. The van der Waals surface area contributed by atoms with E-state index < -0.39 is 0 Å². The Morgan fingerprint density at radius 3 is 2.50 bits per heavy atom. The molecule has 0 radical (unpaired) electrons. The molecule has 2 aromatic rings. The molecule has 1 aliphatic rings. The van der Waals surface area contributed by atoms with E-state index in [0.717, 1.165) is 24.5 Å². The minimum Gasteiger partial charge on any atom is -0.486 e. The highest BCUT2D eigenvalue weighted by Crippen LogP contribution is 2.32. The van der Waals surface area contributed by atoms with Crippen LogP contribution in [0.2, 0.25) is 0 Å². The molecule has 1 amide bonds. The Balaban J connectivity index is 1.50. The number of benzene rings is 2. The van der Waals surface area contributed by atoms with Gasteiger partial charge >= 0.3 is 0 Å². The molecule has 3 rings (SSSR count). The number of nitrogens with one attached hydrogen (secondary N) is 2. The highest BCUT2D eigenvalue weighted by molar-refractivity contribution is 5.91. The summed E-state index contributed by atoms with van der Waals surface area (Å²) in [6.07, 6.45) is 0.381. The molecule has 0 aromatic heterocycles. The topological polar surface area (TPSA) is 62.8 Å². The van der Waals surface area contributed by atoms with Crippen LogP contribution < -0.4 is 25.0 Å². The number of rotatable bonds is 8. The third-order valence-corrected chi connectivity index (χ3v) is 4.83. The van der Waals surface area contributed by atoms with Crippen LogP contribution in [0.25, 0.3) is 0 Å². The lowest BCUT2D eigenvalue weighted by Gasteiger charge is -2.22. The van der Waals surface area contributed by atoms with Crippen LogP contribution in [0.15, 0.2) is 36.4 Å². The molecule has 0 spiro atoms. The zero-order valence-corrected chi connectivity index (χ0v) is 16.9. The molecule has 2 N–H and O–H groups in total. The van der Waals surface area contributed by atoms with Crippen molar-refractivity contribution in [3.05, 3.63) is 42.0 Å². The number of carbonyl (C=O) groups is 1. The molecule has 0 aliphatic carbocycles. The molecule has 28 heavy (non-hydrogen) atoms. The van der Waals surface area contributed by atoms with Crippen molar-refractivity contribution in [2.75, 3.05) is 48.4 Å². The summed E-state index contributed by atoms with van der Waals surface area (Å²) in [6, 6.07) is 11.8. The number of hydrogen-bond donors (Lipinski definition) is 2. The Kier molecular flexibility index (Phi) is 6.63. The van der Waals surface area contributed by atoms with Crippen molar-refractivity contribution in [3.8, 4) is 11.5 Å². The van der Waals surface area contributed by atoms with Crippen LogP contribution in [-0.2, 0) is 4.79 Å². The van der Waals surface area contributed by atoms with Gasteiger partial charge in [-0.2, -0.15) is 0 Å². The average molecular weight is 383 g/mol. The highest BCUT2D eigenvalue weighted by atomic mass is 16.6. The van der Waals surface area contributed by atoms with E-state index in [-0.39, 0.29) is 5.91 Å². The minimum atomic E-state index is -0.0402. The van der Waals surface area contributed by atoms with Gasteiger partial charge in [0.2, 0.25) is 5.91 Å². The van der Waals surface area contributed by atoms with Gasteiger partial charge in [0, 0.05) is 49.2 Å². The van der Waals surface area contributed by atoms with E-state index in [9.17, 15) is 4.79 Å². The fourth-order valence-corrected chi connectivity index (χ4v) is 3.29. The highest BCUT2D eigenvalue weighted by Gasteiger charge is 2.13.